The van der Waals surface area contributed by atoms with Crippen molar-refractivity contribution in [2.24, 2.45) is 0 Å². The van der Waals surface area contributed by atoms with Gasteiger partial charge in [-0.25, -0.2) is 0 Å². The van der Waals surface area contributed by atoms with E-state index in [1.807, 2.05) is 57.2 Å². The van der Waals surface area contributed by atoms with Gasteiger partial charge in [0.2, 0.25) is 5.91 Å². The van der Waals surface area contributed by atoms with Crippen molar-refractivity contribution in [1.82, 2.24) is 20.6 Å². The van der Waals surface area contributed by atoms with E-state index < -0.39 is 0 Å². The fraction of sp³-hybridized carbons (Fsp3) is 0.389. The Morgan fingerprint density at radius 1 is 1.17 bits per heavy atom. The molecular weight excluding hydrogens is 304 g/mol. The Morgan fingerprint density at radius 2 is 1.88 bits per heavy atom. The highest BCUT2D eigenvalue weighted by molar-refractivity contribution is 5.86. The van der Waals surface area contributed by atoms with Crippen molar-refractivity contribution >= 4 is 11.8 Å². The highest BCUT2D eigenvalue weighted by Crippen LogP contribution is 2.20. The molecule has 0 saturated heterocycles. The number of carbonyl (C=O) groups is 2. The van der Waals surface area contributed by atoms with Crippen molar-refractivity contribution in [3.8, 4) is 0 Å². The molecule has 0 aliphatic rings. The summed E-state index contributed by atoms with van der Waals surface area (Å²) in [7, 11) is 0. The number of aryl methyl sites for hydroxylation is 2. The number of nitrogens with one attached hydrogen (secondary N) is 2. The number of benzene rings is 1. The molecule has 6 nitrogen and oxygen atoms in total. The van der Waals surface area contributed by atoms with Gasteiger partial charge in [0, 0.05) is 5.69 Å². The van der Waals surface area contributed by atoms with E-state index in [0.29, 0.717) is 0 Å². The van der Waals surface area contributed by atoms with Gasteiger partial charge in [-0.3, -0.25) is 25.1 Å². The summed E-state index contributed by atoms with van der Waals surface area (Å²) < 4.78 is 1.61. The Morgan fingerprint density at radius 3 is 2.46 bits per heavy atom. The van der Waals surface area contributed by atoms with Crippen LogP contribution in [0, 0.1) is 13.8 Å². The first-order valence-electron chi connectivity index (χ1n) is 8.16. The van der Waals surface area contributed by atoms with Crippen LogP contribution in [0.4, 0.5) is 0 Å². The second kappa shape index (κ2) is 8.29. The van der Waals surface area contributed by atoms with Gasteiger partial charge in [0.05, 0.1) is 11.6 Å². The molecule has 6 heteroatoms. The van der Waals surface area contributed by atoms with Crippen molar-refractivity contribution in [3.05, 3.63) is 53.3 Å². The topological polar surface area (TPSA) is 76.0 Å². The number of aromatic nitrogens is 2. The van der Waals surface area contributed by atoms with Gasteiger partial charge in [0.15, 0.2) is 0 Å². The normalized spacial score (nSPS) is 11.8. The molecule has 1 aromatic carbocycles. The molecule has 0 spiro atoms. The van der Waals surface area contributed by atoms with Gasteiger partial charge < -0.3 is 0 Å². The van der Waals surface area contributed by atoms with Crippen molar-refractivity contribution in [2.75, 3.05) is 0 Å². The summed E-state index contributed by atoms with van der Waals surface area (Å²) in [4.78, 5) is 24.4. The third kappa shape index (κ3) is 4.68. The number of rotatable bonds is 6. The lowest BCUT2D eigenvalue weighted by atomic mass is 9.94. The second-order valence-electron chi connectivity index (χ2n) is 5.87. The van der Waals surface area contributed by atoms with Gasteiger partial charge in [0.25, 0.3) is 5.91 Å². The summed E-state index contributed by atoms with van der Waals surface area (Å²) in [6.45, 7) is 5.87. The molecule has 0 saturated carbocycles. The zero-order chi connectivity index (χ0) is 17.5. The lowest BCUT2D eigenvalue weighted by molar-refractivity contribution is -0.130. The number of hydrogen-bond acceptors (Lipinski definition) is 3. The molecule has 0 bridgehead atoms. The molecule has 1 aromatic heterocycles. The Kier molecular flexibility index (Phi) is 6.12. The largest absolute Gasteiger partial charge is 0.273 e. The van der Waals surface area contributed by atoms with Crippen LogP contribution in [0.1, 0.15) is 42.6 Å². The number of amides is 2. The van der Waals surface area contributed by atoms with E-state index in [4.69, 9.17) is 0 Å². The van der Waals surface area contributed by atoms with Crippen LogP contribution >= 0.6 is 0 Å². The molecule has 2 amide bonds. The zero-order valence-electron chi connectivity index (χ0n) is 14.4. The van der Waals surface area contributed by atoms with Crippen molar-refractivity contribution in [1.29, 1.82) is 0 Å². The van der Waals surface area contributed by atoms with E-state index >= 15 is 0 Å². The highest BCUT2D eigenvalue weighted by Gasteiger charge is 2.20. The second-order valence-corrected chi connectivity index (χ2v) is 5.87. The van der Waals surface area contributed by atoms with Crippen LogP contribution in [0.25, 0.3) is 0 Å². The standard InChI is InChI=1S/C18H24N4O2/c1-4-8-16(15-9-6-5-7-10-15)18(24)20-19-17(23)12-22-14(3)11-13(2)21-22/h5-7,9-11,16H,4,8,12H2,1-3H3,(H,19,23)(H,20,24)/t16-/m1/s1. The molecule has 0 fully saturated rings. The Bertz CT molecular complexity index is 694. The maximum Gasteiger partial charge on any atom is 0.260 e. The van der Waals surface area contributed by atoms with Gasteiger partial charge in [-0.05, 0) is 31.9 Å². The minimum Gasteiger partial charge on any atom is -0.273 e. The maximum absolute atomic E-state index is 12.4. The fourth-order valence-corrected chi connectivity index (χ4v) is 2.65. The van der Waals surface area contributed by atoms with Crippen molar-refractivity contribution < 1.29 is 9.59 Å². The van der Waals surface area contributed by atoms with Crippen LogP contribution in [0.15, 0.2) is 36.4 Å². The third-order valence-corrected chi connectivity index (χ3v) is 3.82. The van der Waals surface area contributed by atoms with E-state index in [1.165, 1.54) is 0 Å². The van der Waals surface area contributed by atoms with Crippen molar-refractivity contribution in [2.45, 2.75) is 46.1 Å². The monoisotopic (exact) mass is 328 g/mol. The van der Waals surface area contributed by atoms with Gasteiger partial charge in [-0.15, -0.1) is 0 Å². The van der Waals surface area contributed by atoms with Crippen molar-refractivity contribution in [3.63, 3.8) is 0 Å². The van der Waals surface area contributed by atoms with E-state index in [2.05, 4.69) is 16.0 Å². The molecule has 0 aliphatic carbocycles. The predicted octanol–water partition coefficient (Wildman–Crippen LogP) is 2.23. The summed E-state index contributed by atoms with van der Waals surface area (Å²) >= 11 is 0. The molecule has 2 N–H and O–H groups in total. The summed E-state index contributed by atoms with van der Waals surface area (Å²) in [5, 5.41) is 4.23. The van der Waals surface area contributed by atoms with E-state index in [1.54, 1.807) is 4.68 Å². The Labute approximate surface area is 142 Å². The van der Waals surface area contributed by atoms with Gasteiger partial charge in [-0.2, -0.15) is 5.10 Å². The van der Waals surface area contributed by atoms with E-state index in [-0.39, 0.29) is 24.3 Å². The molecule has 2 rings (SSSR count). The van der Waals surface area contributed by atoms with Crippen LogP contribution in [-0.4, -0.2) is 21.6 Å². The molecule has 0 aliphatic heterocycles. The first kappa shape index (κ1) is 17.7. The minimum atomic E-state index is -0.308. The molecule has 0 radical (unpaired) electrons. The van der Waals surface area contributed by atoms with E-state index in [9.17, 15) is 9.59 Å². The van der Waals surface area contributed by atoms with Crippen LogP contribution in [0.2, 0.25) is 0 Å². The number of nitrogens with zero attached hydrogens (tertiary/aromatic N) is 2. The lowest BCUT2D eigenvalue weighted by Crippen LogP contribution is -2.45. The first-order chi connectivity index (χ1) is 11.5. The summed E-state index contributed by atoms with van der Waals surface area (Å²) in [5.41, 5.74) is 7.72. The smallest absolute Gasteiger partial charge is 0.260 e. The quantitative estimate of drug-likeness (QED) is 0.799. The number of carbonyl (C=O) groups excluding carboxylic acids is 2. The molecule has 1 atom stereocenters. The Balaban J connectivity index is 1.93. The average Bonchev–Trinajstić information content (AvgIpc) is 2.88. The van der Waals surface area contributed by atoms with Crippen LogP contribution < -0.4 is 10.9 Å². The summed E-state index contributed by atoms with van der Waals surface area (Å²) in [6.07, 6.45) is 1.61. The van der Waals surface area contributed by atoms with Crippen LogP contribution in [-0.2, 0) is 16.1 Å². The van der Waals surface area contributed by atoms with Gasteiger partial charge in [-0.1, -0.05) is 43.7 Å². The van der Waals surface area contributed by atoms with Crippen LogP contribution in [0.5, 0.6) is 0 Å². The minimum absolute atomic E-state index is 0.0731. The predicted molar refractivity (Wildman–Crippen MR) is 92.1 cm³/mol. The molecule has 0 unspecified atom stereocenters. The molecular formula is C18H24N4O2. The van der Waals surface area contributed by atoms with Gasteiger partial charge >= 0.3 is 0 Å². The number of hydrazine groups is 1. The third-order valence-electron chi connectivity index (χ3n) is 3.82. The molecule has 128 valence electrons. The highest BCUT2D eigenvalue weighted by atomic mass is 16.2. The number of hydrogen-bond donors (Lipinski definition) is 2. The van der Waals surface area contributed by atoms with E-state index in [0.717, 1.165) is 29.8 Å². The molecule has 1 heterocycles. The Hall–Kier alpha value is -2.63. The first-order valence-corrected chi connectivity index (χ1v) is 8.16. The zero-order valence-corrected chi connectivity index (χ0v) is 14.4. The average molecular weight is 328 g/mol. The lowest BCUT2D eigenvalue weighted by Gasteiger charge is -2.17. The summed E-state index contributed by atoms with van der Waals surface area (Å²) in [6, 6.07) is 11.5. The SMILES string of the molecule is CCC[C@@H](C(=O)NNC(=O)Cn1nc(C)cc1C)c1ccccc1. The maximum atomic E-state index is 12.4. The summed E-state index contributed by atoms with van der Waals surface area (Å²) in [5.74, 6) is -0.784. The van der Waals surface area contributed by atoms with Crippen LogP contribution in [0.3, 0.4) is 0 Å². The fourth-order valence-electron chi connectivity index (χ4n) is 2.65. The molecule has 2 aromatic rings. The molecule has 24 heavy (non-hydrogen) atoms. The van der Waals surface area contributed by atoms with Gasteiger partial charge in [0.1, 0.15) is 6.54 Å².